The van der Waals surface area contributed by atoms with Crippen LogP contribution in [0.5, 0.6) is 0 Å². The molecule has 8 heteroatoms. The van der Waals surface area contributed by atoms with Gasteiger partial charge in [-0.05, 0) is 29.3 Å². The SMILES string of the molecule is CC(C)SCN(c1ccc(CN2CCN(Cc3ccccc3)C(=O)C2=O)cc1)c1ncccn1. The number of amides is 2. The van der Waals surface area contributed by atoms with Crippen molar-refractivity contribution in [3.8, 4) is 0 Å². The topological polar surface area (TPSA) is 69.6 Å². The molecule has 0 atom stereocenters. The molecule has 1 aliphatic rings. The summed E-state index contributed by atoms with van der Waals surface area (Å²) in [7, 11) is 0. The van der Waals surface area contributed by atoms with E-state index in [2.05, 4.69) is 28.7 Å². The molecule has 7 nitrogen and oxygen atoms in total. The van der Waals surface area contributed by atoms with Gasteiger partial charge in [-0.3, -0.25) is 9.59 Å². The molecular formula is C26H29N5O2S. The number of piperazine rings is 1. The third-order valence-electron chi connectivity index (χ3n) is 5.57. The van der Waals surface area contributed by atoms with Gasteiger partial charge in [0, 0.05) is 49.5 Å². The predicted molar refractivity (Wildman–Crippen MR) is 135 cm³/mol. The van der Waals surface area contributed by atoms with Crippen molar-refractivity contribution in [3.63, 3.8) is 0 Å². The van der Waals surface area contributed by atoms with Gasteiger partial charge in [0.15, 0.2) is 0 Å². The Morgan fingerprint density at radius 1 is 0.824 bits per heavy atom. The minimum absolute atomic E-state index is 0.409. The molecule has 2 heterocycles. The maximum Gasteiger partial charge on any atom is 0.312 e. The second kappa shape index (κ2) is 11.2. The van der Waals surface area contributed by atoms with E-state index in [1.165, 1.54) is 0 Å². The second-order valence-corrected chi connectivity index (χ2v) is 9.96. The smallest absolute Gasteiger partial charge is 0.312 e. The van der Waals surface area contributed by atoms with Gasteiger partial charge >= 0.3 is 11.8 Å². The highest BCUT2D eigenvalue weighted by atomic mass is 32.2. The van der Waals surface area contributed by atoms with Gasteiger partial charge in [-0.1, -0.05) is 56.3 Å². The van der Waals surface area contributed by atoms with Crippen LogP contribution in [-0.2, 0) is 22.7 Å². The van der Waals surface area contributed by atoms with Crippen LogP contribution in [0.1, 0.15) is 25.0 Å². The average molecular weight is 476 g/mol. The highest BCUT2D eigenvalue weighted by Gasteiger charge is 2.32. The summed E-state index contributed by atoms with van der Waals surface area (Å²) < 4.78 is 0. The summed E-state index contributed by atoms with van der Waals surface area (Å²) in [5.74, 6) is 0.500. The number of anilines is 2. The van der Waals surface area contributed by atoms with Gasteiger partial charge in [0.05, 0.1) is 5.88 Å². The highest BCUT2D eigenvalue weighted by Crippen LogP contribution is 2.26. The molecule has 2 amide bonds. The monoisotopic (exact) mass is 475 g/mol. The molecule has 1 aromatic heterocycles. The fourth-order valence-corrected chi connectivity index (χ4v) is 4.44. The van der Waals surface area contributed by atoms with Crippen LogP contribution < -0.4 is 4.90 Å². The molecule has 3 aromatic rings. The van der Waals surface area contributed by atoms with Crippen molar-refractivity contribution in [2.75, 3.05) is 23.9 Å². The summed E-state index contributed by atoms with van der Waals surface area (Å²) in [5, 5.41) is 0.481. The minimum Gasteiger partial charge on any atom is -0.328 e. The number of rotatable bonds is 9. The van der Waals surface area contributed by atoms with Gasteiger partial charge in [0.1, 0.15) is 0 Å². The molecule has 0 aliphatic carbocycles. The Kier molecular flexibility index (Phi) is 7.80. The highest BCUT2D eigenvalue weighted by molar-refractivity contribution is 7.99. The second-order valence-electron chi connectivity index (χ2n) is 8.43. The van der Waals surface area contributed by atoms with Crippen LogP contribution in [0.25, 0.3) is 0 Å². The average Bonchev–Trinajstić information content (AvgIpc) is 2.86. The lowest BCUT2D eigenvalue weighted by Gasteiger charge is -2.34. The molecule has 2 aromatic carbocycles. The molecule has 1 fully saturated rings. The van der Waals surface area contributed by atoms with E-state index >= 15 is 0 Å². The van der Waals surface area contributed by atoms with E-state index in [4.69, 9.17) is 0 Å². The number of carbonyl (C=O) groups excluding carboxylic acids is 2. The zero-order chi connectivity index (χ0) is 23.9. The maximum absolute atomic E-state index is 12.7. The molecule has 0 unspecified atom stereocenters. The summed E-state index contributed by atoms with van der Waals surface area (Å²) in [5.41, 5.74) is 2.99. The number of benzene rings is 2. The first-order valence-corrected chi connectivity index (χ1v) is 12.4. The van der Waals surface area contributed by atoms with Crippen LogP contribution in [0.2, 0.25) is 0 Å². The summed E-state index contributed by atoms with van der Waals surface area (Å²) in [6.45, 7) is 6.25. The Labute approximate surface area is 204 Å². The van der Waals surface area contributed by atoms with Gasteiger partial charge in [0.2, 0.25) is 5.95 Å². The lowest BCUT2D eigenvalue weighted by molar-refractivity contribution is -0.156. The molecule has 0 N–H and O–H groups in total. The number of hydrogen-bond acceptors (Lipinski definition) is 6. The number of carbonyl (C=O) groups is 2. The van der Waals surface area contributed by atoms with Crippen LogP contribution in [0, 0.1) is 0 Å². The van der Waals surface area contributed by atoms with E-state index < -0.39 is 11.8 Å². The van der Waals surface area contributed by atoms with E-state index in [0.717, 1.165) is 22.7 Å². The Hall–Kier alpha value is -3.39. The fourth-order valence-electron chi connectivity index (χ4n) is 3.72. The first kappa shape index (κ1) is 23.8. The Bertz CT molecular complexity index is 1090. The lowest BCUT2D eigenvalue weighted by Crippen LogP contribution is -2.53. The van der Waals surface area contributed by atoms with Gasteiger partial charge in [-0.15, -0.1) is 11.8 Å². The third kappa shape index (κ3) is 5.94. The van der Waals surface area contributed by atoms with E-state index in [9.17, 15) is 9.59 Å². The van der Waals surface area contributed by atoms with Gasteiger partial charge in [0.25, 0.3) is 0 Å². The molecule has 1 aliphatic heterocycles. The van der Waals surface area contributed by atoms with Gasteiger partial charge in [-0.2, -0.15) is 0 Å². The number of nitrogens with zero attached hydrogens (tertiary/aromatic N) is 5. The molecule has 1 saturated heterocycles. The molecule has 176 valence electrons. The van der Waals surface area contributed by atoms with Crippen molar-refractivity contribution in [1.82, 2.24) is 19.8 Å². The summed E-state index contributed by atoms with van der Waals surface area (Å²) in [6.07, 6.45) is 3.48. The third-order valence-corrected chi connectivity index (χ3v) is 6.64. The molecule has 4 rings (SSSR count). The van der Waals surface area contributed by atoms with Crippen LogP contribution in [0.15, 0.2) is 73.1 Å². The maximum atomic E-state index is 12.7. The quantitative estimate of drug-likeness (QED) is 0.343. The van der Waals surface area contributed by atoms with E-state index in [-0.39, 0.29) is 0 Å². The largest absolute Gasteiger partial charge is 0.328 e. The molecule has 34 heavy (non-hydrogen) atoms. The van der Waals surface area contributed by atoms with Crippen molar-refractivity contribution in [2.45, 2.75) is 32.2 Å². The zero-order valence-electron chi connectivity index (χ0n) is 19.5. The molecule has 0 radical (unpaired) electrons. The van der Waals surface area contributed by atoms with Crippen LogP contribution in [0.4, 0.5) is 11.6 Å². The lowest BCUT2D eigenvalue weighted by atomic mass is 10.1. The molecule has 0 spiro atoms. The molecule has 0 saturated carbocycles. The van der Waals surface area contributed by atoms with Crippen molar-refractivity contribution < 1.29 is 9.59 Å². The summed E-state index contributed by atoms with van der Waals surface area (Å²) in [6, 6.07) is 19.6. The number of aromatic nitrogens is 2. The zero-order valence-corrected chi connectivity index (χ0v) is 20.3. The normalized spacial score (nSPS) is 14.1. The van der Waals surface area contributed by atoms with Crippen LogP contribution in [0.3, 0.4) is 0 Å². The minimum atomic E-state index is -0.445. The van der Waals surface area contributed by atoms with Crippen molar-refractivity contribution in [3.05, 3.63) is 84.2 Å². The first-order chi connectivity index (χ1) is 16.5. The fraction of sp³-hybridized carbons (Fsp3) is 0.308. The van der Waals surface area contributed by atoms with Crippen LogP contribution >= 0.6 is 11.8 Å². The molecular weight excluding hydrogens is 446 g/mol. The van der Waals surface area contributed by atoms with E-state index in [1.807, 2.05) is 66.4 Å². The molecule has 0 bridgehead atoms. The summed E-state index contributed by atoms with van der Waals surface area (Å²) in [4.78, 5) is 39.6. The van der Waals surface area contributed by atoms with Crippen molar-refractivity contribution in [1.29, 1.82) is 0 Å². The number of thioether (sulfide) groups is 1. The number of hydrogen-bond donors (Lipinski definition) is 0. The Morgan fingerprint density at radius 3 is 1.94 bits per heavy atom. The van der Waals surface area contributed by atoms with Crippen molar-refractivity contribution >= 4 is 35.2 Å². The Balaban J connectivity index is 1.41. The Morgan fingerprint density at radius 2 is 1.38 bits per heavy atom. The van der Waals surface area contributed by atoms with Gasteiger partial charge < -0.3 is 14.7 Å². The van der Waals surface area contributed by atoms with E-state index in [0.29, 0.717) is 37.4 Å². The standard InChI is InChI=1S/C26H29N5O2S/c1-20(2)34-19-31(26-27-13-6-14-28-26)23-11-9-22(10-12-23)18-30-16-15-29(24(32)25(30)33)17-21-7-4-3-5-8-21/h3-14,20H,15-19H2,1-2H3. The predicted octanol–water partition coefficient (Wildman–Crippen LogP) is 4.08. The first-order valence-electron chi connectivity index (χ1n) is 11.4. The van der Waals surface area contributed by atoms with Gasteiger partial charge in [-0.25, -0.2) is 9.97 Å². The van der Waals surface area contributed by atoms with E-state index in [1.54, 1.807) is 28.3 Å². The summed E-state index contributed by atoms with van der Waals surface area (Å²) >= 11 is 1.81. The van der Waals surface area contributed by atoms with Crippen LogP contribution in [-0.4, -0.2) is 55.8 Å². The van der Waals surface area contributed by atoms with Crippen molar-refractivity contribution in [2.24, 2.45) is 0 Å².